The highest BCUT2D eigenvalue weighted by atomic mass is 16.7. The van der Waals surface area contributed by atoms with Crippen molar-refractivity contribution in [1.82, 2.24) is 0 Å². The molecule has 0 aromatic carbocycles. The number of rotatable bonds is 4. The number of ether oxygens (including phenoxy) is 4. The first-order valence-corrected chi connectivity index (χ1v) is 4.71. The lowest BCUT2D eigenvalue weighted by Crippen LogP contribution is -2.59. The maximum atomic E-state index is 9.75. The number of methoxy groups -OCH3 is 3. The third-order valence-electron chi connectivity index (χ3n) is 2.48. The number of hydrogen-bond donors (Lipinski definition) is 2. The fourth-order valence-electron chi connectivity index (χ4n) is 1.65. The molecule has 0 unspecified atom stereocenters. The van der Waals surface area contributed by atoms with E-state index in [-0.39, 0.29) is 6.61 Å². The van der Waals surface area contributed by atoms with Crippen molar-refractivity contribution >= 4 is 0 Å². The SMILES string of the molecule is COC[C@H]1O[C@@H](OC)[C@H](OC)[C@@H](O)[C@@H]1O. The average molecular weight is 222 g/mol. The van der Waals surface area contributed by atoms with E-state index in [0.717, 1.165) is 0 Å². The molecule has 90 valence electrons. The number of aliphatic hydroxyl groups is 2. The average Bonchev–Trinajstić information content (AvgIpc) is 2.24. The molecule has 1 fully saturated rings. The van der Waals surface area contributed by atoms with Crippen molar-refractivity contribution < 1.29 is 29.2 Å². The van der Waals surface area contributed by atoms with Crippen molar-refractivity contribution in [2.24, 2.45) is 0 Å². The zero-order valence-electron chi connectivity index (χ0n) is 9.12. The van der Waals surface area contributed by atoms with Crippen molar-refractivity contribution in [3.63, 3.8) is 0 Å². The lowest BCUT2D eigenvalue weighted by Gasteiger charge is -2.41. The zero-order valence-corrected chi connectivity index (χ0v) is 9.12. The Labute approximate surface area is 88.7 Å². The molecule has 0 saturated carbocycles. The molecule has 0 aromatic rings. The monoisotopic (exact) mass is 222 g/mol. The molecule has 0 aliphatic carbocycles. The fourth-order valence-corrected chi connectivity index (χ4v) is 1.65. The van der Waals surface area contributed by atoms with Crippen LogP contribution in [0.15, 0.2) is 0 Å². The smallest absolute Gasteiger partial charge is 0.186 e. The van der Waals surface area contributed by atoms with Crippen molar-refractivity contribution in [3.8, 4) is 0 Å². The van der Waals surface area contributed by atoms with Crippen molar-refractivity contribution in [2.75, 3.05) is 27.9 Å². The van der Waals surface area contributed by atoms with Crippen LogP contribution in [-0.4, -0.2) is 68.9 Å². The Morgan fingerprint density at radius 3 is 2.20 bits per heavy atom. The van der Waals surface area contributed by atoms with E-state index in [4.69, 9.17) is 18.9 Å². The van der Waals surface area contributed by atoms with Crippen LogP contribution in [0.3, 0.4) is 0 Å². The molecule has 6 heteroatoms. The molecule has 0 bridgehead atoms. The Hall–Kier alpha value is -0.240. The summed E-state index contributed by atoms with van der Waals surface area (Å²) in [5.74, 6) is 0. The zero-order chi connectivity index (χ0) is 11.4. The highest BCUT2D eigenvalue weighted by Gasteiger charge is 2.44. The summed E-state index contributed by atoms with van der Waals surface area (Å²) in [5.41, 5.74) is 0. The summed E-state index contributed by atoms with van der Waals surface area (Å²) in [4.78, 5) is 0. The molecule has 5 atom stereocenters. The second kappa shape index (κ2) is 5.74. The highest BCUT2D eigenvalue weighted by molar-refractivity contribution is 4.89. The molecule has 0 radical (unpaired) electrons. The lowest BCUT2D eigenvalue weighted by molar-refractivity contribution is -0.300. The van der Waals surface area contributed by atoms with Crippen molar-refractivity contribution in [2.45, 2.75) is 30.7 Å². The summed E-state index contributed by atoms with van der Waals surface area (Å²) < 4.78 is 20.3. The minimum Gasteiger partial charge on any atom is -0.387 e. The van der Waals surface area contributed by atoms with E-state index >= 15 is 0 Å². The van der Waals surface area contributed by atoms with Gasteiger partial charge in [-0.15, -0.1) is 0 Å². The van der Waals surface area contributed by atoms with Gasteiger partial charge in [0.25, 0.3) is 0 Å². The standard InChI is InChI=1S/C9H18O6/c1-12-4-5-6(10)7(11)8(13-2)9(14-3)15-5/h5-11H,4H2,1-3H3/t5-,6-,7+,8-,9-/m1/s1. The normalized spacial score (nSPS) is 41.8. The molecule has 0 spiro atoms. The number of aliphatic hydroxyl groups excluding tert-OH is 2. The molecule has 2 N–H and O–H groups in total. The molecule has 6 nitrogen and oxygen atoms in total. The second-order valence-electron chi connectivity index (χ2n) is 3.42. The van der Waals surface area contributed by atoms with Gasteiger partial charge in [0.2, 0.25) is 0 Å². The third kappa shape index (κ3) is 2.66. The van der Waals surface area contributed by atoms with E-state index in [1.807, 2.05) is 0 Å². The first-order chi connectivity index (χ1) is 7.15. The minimum absolute atomic E-state index is 0.189. The molecule has 1 aliphatic rings. The van der Waals surface area contributed by atoms with Gasteiger partial charge in [-0.05, 0) is 0 Å². The Morgan fingerprint density at radius 1 is 1.07 bits per heavy atom. The van der Waals surface area contributed by atoms with E-state index in [0.29, 0.717) is 0 Å². The quantitative estimate of drug-likeness (QED) is 0.618. The van der Waals surface area contributed by atoms with Gasteiger partial charge >= 0.3 is 0 Å². The number of hydrogen-bond acceptors (Lipinski definition) is 6. The predicted octanol–water partition coefficient (Wildman–Crippen LogP) is -1.26. The Balaban J connectivity index is 2.68. The van der Waals surface area contributed by atoms with Crippen molar-refractivity contribution in [1.29, 1.82) is 0 Å². The highest BCUT2D eigenvalue weighted by Crippen LogP contribution is 2.23. The summed E-state index contributed by atoms with van der Waals surface area (Å²) in [5, 5.41) is 19.4. The summed E-state index contributed by atoms with van der Waals surface area (Å²) in [7, 11) is 4.37. The van der Waals surface area contributed by atoms with Crippen LogP contribution in [0.5, 0.6) is 0 Å². The maximum Gasteiger partial charge on any atom is 0.186 e. The topological polar surface area (TPSA) is 77.4 Å². The van der Waals surface area contributed by atoms with Crippen LogP contribution in [-0.2, 0) is 18.9 Å². The summed E-state index contributed by atoms with van der Waals surface area (Å²) >= 11 is 0. The van der Waals surface area contributed by atoms with Gasteiger partial charge in [0.05, 0.1) is 6.61 Å². The van der Waals surface area contributed by atoms with E-state index in [2.05, 4.69) is 0 Å². The van der Waals surface area contributed by atoms with E-state index < -0.39 is 30.7 Å². The molecule has 0 aromatic heterocycles. The first-order valence-electron chi connectivity index (χ1n) is 4.71. The van der Waals surface area contributed by atoms with Gasteiger partial charge in [0.1, 0.15) is 24.4 Å². The lowest BCUT2D eigenvalue weighted by atomic mass is 9.99. The molecule has 15 heavy (non-hydrogen) atoms. The van der Waals surface area contributed by atoms with Crippen LogP contribution in [0.2, 0.25) is 0 Å². The van der Waals surface area contributed by atoms with Gasteiger partial charge in [0, 0.05) is 21.3 Å². The Bertz CT molecular complexity index is 183. The molecule has 1 heterocycles. The first kappa shape index (κ1) is 12.8. The van der Waals surface area contributed by atoms with Gasteiger partial charge in [-0.1, -0.05) is 0 Å². The van der Waals surface area contributed by atoms with Crippen LogP contribution < -0.4 is 0 Å². The Morgan fingerprint density at radius 2 is 1.73 bits per heavy atom. The van der Waals surface area contributed by atoms with Gasteiger partial charge in [-0.3, -0.25) is 0 Å². The molecule has 1 rings (SSSR count). The Kier molecular flexibility index (Phi) is 4.91. The van der Waals surface area contributed by atoms with Gasteiger partial charge in [-0.25, -0.2) is 0 Å². The van der Waals surface area contributed by atoms with E-state index in [1.165, 1.54) is 21.3 Å². The van der Waals surface area contributed by atoms with E-state index in [1.54, 1.807) is 0 Å². The minimum atomic E-state index is -1.05. The predicted molar refractivity (Wildman–Crippen MR) is 50.4 cm³/mol. The van der Waals surface area contributed by atoms with Crippen molar-refractivity contribution in [3.05, 3.63) is 0 Å². The van der Waals surface area contributed by atoms with Crippen LogP contribution in [0, 0.1) is 0 Å². The van der Waals surface area contributed by atoms with Gasteiger partial charge < -0.3 is 29.2 Å². The third-order valence-corrected chi connectivity index (χ3v) is 2.48. The van der Waals surface area contributed by atoms with Gasteiger partial charge in [0.15, 0.2) is 6.29 Å². The molecule has 1 aliphatic heterocycles. The van der Waals surface area contributed by atoms with Crippen LogP contribution in [0.1, 0.15) is 0 Å². The maximum absolute atomic E-state index is 9.75. The summed E-state index contributed by atoms with van der Waals surface area (Å²) in [6.45, 7) is 0.189. The van der Waals surface area contributed by atoms with Crippen LogP contribution in [0.4, 0.5) is 0 Å². The summed E-state index contributed by atoms with van der Waals surface area (Å²) in [6, 6.07) is 0. The van der Waals surface area contributed by atoms with E-state index in [9.17, 15) is 10.2 Å². The second-order valence-corrected chi connectivity index (χ2v) is 3.42. The molecular weight excluding hydrogens is 204 g/mol. The van der Waals surface area contributed by atoms with Crippen LogP contribution >= 0.6 is 0 Å². The van der Waals surface area contributed by atoms with Crippen LogP contribution in [0.25, 0.3) is 0 Å². The largest absolute Gasteiger partial charge is 0.387 e. The molecule has 1 saturated heterocycles. The fraction of sp³-hybridized carbons (Fsp3) is 1.00. The summed E-state index contributed by atoms with van der Waals surface area (Å²) in [6.07, 6.45) is -4.09. The molecular formula is C9H18O6. The van der Waals surface area contributed by atoms with Gasteiger partial charge in [-0.2, -0.15) is 0 Å². The molecule has 0 amide bonds.